The summed E-state index contributed by atoms with van der Waals surface area (Å²) in [5.74, 6) is -1.81. The van der Waals surface area contributed by atoms with Crippen molar-refractivity contribution in [2.24, 2.45) is 0 Å². The second-order valence-electron chi connectivity index (χ2n) is 6.97. The molecule has 0 atom stereocenters. The first-order chi connectivity index (χ1) is 13.3. The largest absolute Gasteiger partial charge is 0.416 e. The highest BCUT2D eigenvalue weighted by molar-refractivity contribution is 6.39. The molecule has 0 spiro atoms. The zero-order chi connectivity index (χ0) is 20.8. The van der Waals surface area contributed by atoms with Crippen LogP contribution in [0.1, 0.15) is 76.7 Å². The molecule has 0 saturated heterocycles. The third-order valence-corrected chi connectivity index (χ3v) is 4.47. The summed E-state index contributed by atoms with van der Waals surface area (Å²) in [4.78, 5) is 23.5. The number of amides is 2. The fourth-order valence-corrected chi connectivity index (χ4v) is 2.86. The van der Waals surface area contributed by atoms with E-state index in [-0.39, 0.29) is 5.69 Å². The highest BCUT2D eigenvalue weighted by Crippen LogP contribution is 2.30. The van der Waals surface area contributed by atoms with Gasteiger partial charge in [0, 0.05) is 12.2 Å². The van der Waals surface area contributed by atoms with E-state index in [4.69, 9.17) is 0 Å². The van der Waals surface area contributed by atoms with E-state index >= 15 is 0 Å². The van der Waals surface area contributed by atoms with E-state index in [1.54, 1.807) is 0 Å². The first-order valence-corrected chi connectivity index (χ1v) is 10.1. The molecule has 0 aromatic heterocycles. The van der Waals surface area contributed by atoms with Crippen LogP contribution in [0.15, 0.2) is 24.3 Å². The molecule has 0 aliphatic rings. The summed E-state index contributed by atoms with van der Waals surface area (Å²) in [5, 5.41) is 4.69. The number of alkyl halides is 3. The number of unbranched alkanes of at least 4 members (excludes halogenated alkanes) is 9. The van der Waals surface area contributed by atoms with Crippen LogP contribution in [0.25, 0.3) is 0 Å². The lowest BCUT2D eigenvalue weighted by atomic mass is 10.1. The van der Waals surface area contributed by atoms with Gasteiger partial charge in [-0.05, 0) is 24.6 Å². The van der Waals surface area contributed by atoms with E-state index in [9.17, 15) is 22.8 Å². The predicted octanol–water partition coefficient (Wildman–Crippen LogP) is 5.68. The summed E-state index contributed by atoms with van der Waals surface area (Å²) in [6.07, 6.45) is 7.19. The van der Waals surface area contributed by atoms with Gasteiger partial charge in [-0.15, -0.1) is 0 Å². The molecular weight excluding hydrogens is 369 g/mol. The number of halogens is 3. The molecule has 1 aromatic rings. The van der Waals surface area contributed by atoms with Crippen LogP contribution >= 0.6 is 0 Å². The fraction of sp³-hybridized carbons (Fsp3) is 0.619. The second-order valence-corrected chi connectivity index (χ2v) is 6.97. The van der Waals surface area contributed by atoms with Crippen molar-refractivity contribution in [1.29, 1.82) is 0 Å². The summed E-state index contributed by atoms with van der Waals surface area (Å²) < 4.78 is 38.0. The molecule has 0 saturated carbocycles. The molecular formula is C21H31F3N2O2. The monoisotopic (exact) mass is 400 g/mol. The molecule has 0 radical (unpaired) electrons. The molecule has 1 rings (SSSR count). The van der Waals surface area contributed by atoms with Crippen molar-refractivity contribution in [1.82, 2.24) is 5.32 Å². The number of carbonyl (C=O) groups excluding carboxylic acids is 2. The van der Waals surface area contributed by atoms with Crippen molar-refractivity contribution >= 4 is 17.5 Å². The molecule has 0 heterocycles. The zero-order valence-corrected chi connectivity index (χ0v) is 16.5. The van der Waals surface area contributed by atoms with Gasteiger partial charge in [0.1, 0.15) is 0 Å². The Kier molecular flexibility index (Phi) is 11.3. The fourth-order valence-electron chi connectivity index (χ4n) is 2.86. The Morgan fingerprint density at radius 3 is 2.00 bits per heavy atom. The number of rotatable bonds is 12. The van der Waals surface area contributed by atoms with Gasteiger partial charge in [0.2, 0.25) is 0 Å². The van der Waals surface area contributed by atoms with E-state index in [1.807, 2.05) is 0 Å². The van der Waals surface area contributed by atoms with Gasteiger partial charge in [0.25, 0.3) is 0 Å². The molecule has 0 fully saturated rings. The molecule has 0 aliphatic carbocycles. The quantitative estimate of drug-likeness (QED) is 0.350. The Morgan fingerprint density at radius 1 is 0.857 bits per heavy atom. The number of hydrogen-bond donors (Lipinski definition) is 2. The van der Waals surface area contributed by atoms with Gasteiger partial charge in [-0.2, -0.15) is 13.2 Å². The molecule has 0 aliphatic heterocycles. The normalized spacial score (nSPS) is 11.3. The van der Waals surface area contributed by atoms with E-state index in [2.05, 4.69) is 17.6 Å². The standard InChI is InChI=1S/C21H31F3N2O2/c1-2-3-4-5-6-7-8-9-10-11-15-25-19(27)20(28)26-18-14-12-13-17(16-18)21(22,23)24/h12-14,16H,2-11,15H2,1H3,(H,25,27)(H,26,28). The molecule has 2 N–H and O–H groups in total. The van der Waals surface area contributed by atoms with Crippen LogP contribution in [0.3, 0.4) is 0 Å². The number of benzene rings is 1. The molecule has 28 heavy (non-hydrogen) atoms. The van der Waals surface area contributed by atoms with Crippen molar-refractivity contribution in [2.45, 2.75) is 77.3 Å². The third-order valence-electron chi connectivity index (χ3n) is 4.47. The molecule has 1 aromatic carbocycles. The zero-order valence-electron chi connectivity index (χ0n) is 16.5. The van der Waals surface area contributed by atoms with E-state index in [0.29, 0.717) is 6.54 Å². The summed E-state index contributed by atoms with van der Waals surface area (Å²) in [6.45, 7) is 2.58. The van der Waals surface area contributed by atoms with Gasteiger partial charge in [-0.25, -0.2) is 0 Å². The molecule has 2 amide bonds. The lowest BCUT2D eigenvalue weighted by molar-refractivity contribution is -0.137. The lowest BCUT2D eigenvalue weighted by Crippen LogP contribution is -2.35. The summed E-state index contributed by atoms with van der Waals surface area (Å²) in [5.41, 5.74) is -0.940. The first-order valence-electron chi connectivity index (χ1n) is 10.1. The highest BCUT2D eigenvalue weighted by Gasteiger charge is 2.30. The number of anilines is 1. The van der Waals surface area contributed by atoms with Gasteiger partial charge >= 0.3 is 18.0 Å². The second kappa shape index (κ2) is 13.2. The molecule has 4 nitrogen and oxygen atoms in total. The number of carbonyl (C=O) groups is 2. The molecule has 158 valence electrons. The molecule has 0 bridgehead atoms. The van der Waals surface area contributed by atoms with Gasteiger partial charge in [-0.1, -0.05) is 70.8 Å². The van der Waals surface area contributed by atoms with Crippen molar-refractivity contribution in [3.8, 4) is 0 Å². The van der Waals surface area contributed by atoms with Crippen LogP contribution in [0.5, 0.6) is 0 Å². The van der Waals surface area contributed by atoms with Crippen molar-refractivity contribution in [2.75, 3.05) is 11.9 Å². The maximum Gasteiger partial charge on any atom is 0.416 e. The van der Waals surface area contributed by atoms with Crippen molar-refractivity contribution in [3.63, 3.8) is 0 Å². The van der Waals surface area contributed by atoms with E-state index in [0.717, 1.165) is 31.4 Å². The van der Waals surface area contributed by atoms with Gasteiger partial charge in [0.15, 0.2) is 0 Å². The Bertz CT molecular complexity index is 604. The summed E-state index contributed by atoms with van der Waals surface area (Å²) in [6, 6.07) is 4.19. The van der Waals surface area contributed by atoms with Crippen molar-refractivity contribution in [3.05, 3.63) is 29.8 Å². The molecule has 7 heteroatoms. The number of nitrogens with one attached hydrogen (secondary N) is 2. The van der Waals surface area contributed by atoms with Crippen LogP contribution in [-0.2, 0) is 15.8 Å². The van der Waals surface area contributed by atoms with Crippen LogP contribution < -0.4 is 10.6 Å². The Labute approximate surface area is 165 Å². The van der Waals surface area contributed by atoms with Gasteiger partial charge < -0.3 is 10.6 Å². The third kappa shape index (κ3) is 10.3. The van der Waals surface area contributed by atoms with Crippen LogP contribution in [0, 0.1) is 0 Å². The molecule has 0 unspecified atom stereocenters. The maximum absolute atomic E-state index is 12.7. The SMILES string of the molecule is CCCCCCCCCCCCNC(=O)C(=O)Nc1cccc(C(F)(F)F)c1. The highest BCUT2D eigenvalue weighted by atomic mass is 19.4. The van der Waals surface area contributed by atoms with Gasteiger partial charge in [-0.3, -0.25) is 9.59 Å². The first kappa shape index (κ1) is 24.0. The Morgan fingerprint density at radius 2 is 1.43 bits per heavy atom. The average Bonchev–Trinajstić information content (AvgIpc) is 2.65. The topological polar surface area (TPSA) is 58.2 Å². The average molecular weight is 400 g/mol. The Hall–Kier alpha value is -2.05. The number of hydrogen-bond acceptors (Lipinski definition) is 2. The minimum atomic E-state index is -4.50. The lowest BCUT2D eigenvalue weighted by Gasteiger charge is -2.10. The summed E-state index contributed by atoms with van der Waals surface area (Å²) >= 11 is 0. The van der Waals surface area contributed by atoms with Crippen LogP contribution in [0.4, 0.5) is 18.9 Å². The minimum absolute atomic E-state index is 0.0612. The Balaban J connectivity index is 2.15. The maximum atomic E-state index is 12.7. The van der Waals surface area contributed by atoms with E-state index < -0.39 is 23.6 Å². The summed E-state index contributed by atoms with van der Waals surface area (Å²) in [7, 11) is 0. The predicted molar refractivity (Wildman–Crippen MR) is 105 cm³/mol. The van der Waals surface area contributed by atoms with Crippen LogP contribution in [-0.4, -0.2) is 18.4 Å². The van der Waals surface area contributed by atoms with E-state index in [1.165, 1.54) is 57.1 Å². The van der Waals surface area contributed by atoms with Crippen LogP contribution in [0.2, 0.25) is 0 Å². The van der Waals surface area contributed by atoms with Gasteiger partial charge in [0.05, 0.1) is 5.56 Å². The smallest absolute Gasteiger partial charge is 0.348 e. The van der Waals surface area contributed by atoms with Crippen molar-refractivity contribution < 1.29 is 22.8 Å². The minimum Gasteiger partial charge on any atom is -0.348 e.